The van der Waals surface area contributed by atoms with Crippen LogP contribution in [0.5, 0.6) is 0 Å². The summed E-state index contributed by atoms with van der Waals surface area (Å²) in [5, 5.41) is 19.1. The summed E-state index contributed by atoms with van der Waals surface area (Å²) < 4.78 is 27.8. The van der Waals surface area contributed by atoms with Gasteiger partial charge in [-0.05, 0) is 77.0 Å². The minimum atomic E-state index is -4.96. The van der Waals surface area contributed by atoms with Crippen molar-refractivity contribution in [3.63, 3.8) is 0 Å². The molecule has 0 heterocycles. The molecule has 11 heteroatoms. The second-order valence-corrected chi connectivity index (χ2v) is 14.7. The molecule has 2 unspecified atom stereocenters. The molecule has 0 bridgehead atoms. The molecule has 0 rings (SSSR count). The number of carbonyl (C=O) groups excluding carboxylic acids is 2. The van der Waals surface area contributed by atoms with E-state index in [1.54, 1.807) is 0 Å². The molecule has 0 saturated carbocycles. The fraction of sp³-hybridized carbons (Fsp3) is 0.667. The summed E-state index contributed by atoms with van der Waals surface area (Å²) in [7, 11) is -4.96. The molecule has 0 aromatic heterocycles. The molecule has 0 amide bonds. The molecular weight excluding hydrogens is 695 g/mol. The Kier molecular flexibility index (Phi) is 34.6. The van der Waals surface area contributed by atoms with Crippen molar-refractivity contribution in [3.05, 3.63) is 72.9 Å². The Morgan fingerprint density at radius 1 is 0.585 bits per heavy atom. The van der Waals surface area contributed by atoms with Crippen LogP contribution in [-0.2, 0) is 28.4 Å². The second-order valence-electron chi connectivity index (χ2n) is 13.1. The number of carbonyl (C=O) groups is 2. The normalized spacial score (nSPS) is 14.5. The van der Waals surface area contributed by atoms with Crippen LogP contribution >= 0.6 is 7.60 Å². The first-order chi connectivity index (χ1) is 25.6. The van der Waals surface area contributed by atoms with Crippen LogP contribution in [0.1, 0.15) is 142 Å². The molecule has 10 nitrogen and oxygen atoms in total. The van der Waals surface area contributed by atoms with Crippen molar-refractivity contribution in [1.82, 2.24) is 0 Å². The molecule has 304 valence electrons. The average Bonchev–Trinajstić information content (AvgIpc) is 3.13. The fourth-order valence-electron chi connectivity index (χ4n) is 5.12. The van der Waals surface area contributed by atoms with Crippen LogP contribution in [0.2, 0.25) is 0 Å². The van der Waals surface area contributed by atoms with Crippen LogP contribution in [0.15, 0.2) is 72.9 Å². The maximum atomic E-state index is 12.6. The van der Waals surface area contributed by atoms with Gasteiger partial charge in [0.15, 0.2) is 11.9 Å². The van der Waals surface area contributed by atoms with E-state index in [1.165, 1.54) is 0 Å². The van der Waals surface area contributed by atoms with Gasteiger partial charge in [0.05, 0.1) is 13.2 Å². The van der Waals surface area contributed by atoms with Gasteiger partial charge in [-0.25, -0.2) is 0 Å². The standard InChI is InChI=1S/C42H71O10P/c1-3-5-7-9-11-13-15-17-19-21-23-25-27-29-31-33-40(45)50-36-38(37-51-42(39(44)35-43)53(47,48)49)52-41(46)34-32-30-28-26-24-22-20-18-16-14-12-10-8-6-4-2/h5-8,11-14,17-20,38-39,42-44H,3-4,9-10,15-16,21-37H2,1-2H3,(H2,47,48,49)/b7-5-,8-6-,13-11-,14-12-,19-17-,20-18-/t38-,39?,42?/m1/s1. The number of hydrogen-bond acceptors (Lipinski definition) is 8. The third kappa shape index (κ3) is 33.7. The van der Waals surface area contributed by atoms with Crippen molar-refractivity contribution in [2.45, 2.75) is 160 Å². The lowest BCUT2D eigenvalue weighted by Gasteiger charge is -2.25. The highest BCUT2D eigenvalue weighted by molar-refractivity contribution is 7.52. The van der Waals surface area contributed by atoms with Gasteiger partial charge in [-0.3, -0.25) is 14.2 Å². The summed E-state index contributed by atoms with van der Waals surface area (Å²) in [4.78, 5) is 44.1. The molecule has 0 fully saturated rings. The quantitative estimate of drug-likeness (QED) is 0.0212. The number of ether oxygens (including phenoxy) is 3. The zero-order valence-electron chi connectivity index (χ0n) is 32.6. The van der Waals surface area contributed by atoms with Crippen molar-refractivity contribution < 1.29 is 48.4 Å². The monoisotopic (exact) mass is 766 g/mol. The molecule has 4 N–H and O–H groups in total. The zero-order valence-corrected chi connectivity index (χ0v) is 33.5. The first-order valence-electron chi connectivity index (χ1n) is 19.9. The highest BCUT2D eigenvalue weighted by atomic mass is 31.2. The van der Waals surface area contributed by atoms with E-state index in [1.807, 2.05) is 0 Å². The van der Waals surface area contributed by atoms with Gasteiger partial charge in [0.2, 0.25) is 0 Å². The van der Waals surface area contributed by atoms with E-state index in [9.17, 15) is 34.2 Å². The van der Waals surface area contributed by atoms with Crippen molar-refractivity contribution in [1.29, 1.82) is 0 Å². The van der Waals surface area contributed by atoms with E-state index in [4.69, 9.17) is 14.2 Å². The molecular formula is C42H71O10P. The third-order valence-electron chi connectivity index (χ3n) is 8.09. The van der Waals surface area contributed by atoms with Gasteiger partial charge < -0.3 is 34.2 Å². The Labute approximate surface area is 320 Å². The van der Waals surface area contributed by atoms with Crippen molar-refractivity contribution in [2.75, 3.05) is 19.8 Å². The van der Waals surface area contributed by atoms with Gasteiger partial charge in [-0.1, -0.05) is 125 Å². The Bertz CT molecular complexity index is 1120. The molecule has 53 heavy (non-hydrogen) atoms. The molecule has 0 aliphatic carbocycles. The number of aliphatic hydroxyl groups excluding tert-OH is 2. The van der Waals surface area contributed by atoms with E-state index in [-0.39, 0.29) is 19.4 Å². The minimum absolute atomic E-state index is 0.134. The Balaban J connectivity index is 4.49. The molecule has 0 aliphatic heterocycles. The van der Waals surface area contributed by atoms with Gasteiger partial charge in [-0.2, -0.15) is 0 Å². The number of allylic oxidation sites excluding steroid dienone is 12. The lowest BCUT2D eigenvalue weighted by molar-refractivity contribution is -0.164. The average molecular weight is 767 g/mol. The molecule has 0 saturated heterocycles. The summed E-state index contributed by atoms with van der Waals surface area (Å²) in [6.07, 6.45) is 40.7. The van der Waals surface area contributed by atoms with Gasteiger partial charge in [-0.15, -0.1) is 0 Å². The van der Waals surface area contributed by atoms with Crippen LogP contribution in [0, 0.1) is 0 Å². The topological polar surface area (TPSA) is 160 Å². The van der Waals surface area contributed by atoms with Crippen LogP contribution < -0.4 is 0 Å². The van der Waals surface area contributed by atoms with Crippen LogP contribution in [0.25, 0.3) is 0 Å². The molecule has 0 spiro atoms. The summed E-state index contributed by atoms with van der Waals surface area (Å²) in [5.74, 6) is -3.04. The molecule has 0 radical (unpaired) electrons. The Morgan fingerprint density at radius 3 is 1.45 bits per heavy atom. The predicted molar refractivity (Wildman–Crippen MR) is 214 cm³/mol. The number of unbranched alkanes of at least 4 members (excludes halogenated alkanes) is 10. The minimum Gasteiger partial charge on any atom is -0.462 e. The molecule has 0 aliphatic rings. The zero-order chi connectivity index (χ0) is 39.3. The number of esters is 2. The SMILES string of the molecule is CC/C=C\C/C=C\C/C=C\CCCCCCCC(=O)OC[C@H](COC(C(O)CO)P(=O)(O)O)OC(=O)CCCCCCC/C=C\C/C=C\C/C=C\CC. The van der Waals surface area contributed by atoms with Crippen molar-refractivity contribution in [3.8, 4) is 0 Å². The highest BCUT2D eigenvalue weighted by Crippen LogP contribution is 2.43. The number of rotatable bonds is 35. The van der Waals surface area contributed by atoms with Crippen LogP contribution in [-0.4, -0.2) is 69.8 Å². The predicted octanol–water partition coefficient (Wildman–Crippen LogP) is 9.49. The highest BCUT2D eigenvalue weighted by Gasteiger charge is 2.37. The van der Waals surface area contributed by atoms with Gasteiger partial charge in [0, 0.05) is 12.8 Å². The maximum absolute atomic E-state index is 12.6. The summed E-state index contributed by atoms with van der Waals surface area (Å²) >= 11 is 0. The summed E-state index contributed by atoms with van der Waals surface area (Å²) in [5.41, 5.74) is 0. The van der Waals surface area contributed by atoms with Crippen molar-refractivity contribution in [2.24, 2.45) is 0 Å². The first kappa shape index (κ1) is 50.4. The Morgan fingerprint density at radius 2 is 1.00 bits per heavy atom. The summed E-state index contributed by atoms with van der Waals surface area (Å²) in [6, 6.07) is 0. The van der Waals surface area contributed by atoms with Gasteiger partial charge in [0.25, 0.3) is 0 Å². The van der Waals surface area contributed by atoms with E-state index < -0.39 is 50.8 Å². The van der Waals surface area contributed by atoms with Crippen LogP contribution in [0.4, 0.5) is 0 Å². The fourth-order valence-corrected chi connectivity index (χ4v) is 5.95. The second kappa shape index (κ2) is 36.4. The Hall–Kier alpha value is -2.59. The van der Waals surface area contributed by atoms with Gasteiger partial charge in [0.1, 0.15) is 12.7 Å². The number of hydrogen-bond donors (Lipinski definition) is 4. The molecule has 0 aromatic carbocycles. The van der Waals surface area contributed by atoms with Gasteiger partial charge >= 0.3 is 19.5 Å². The third-order valence-corrected chi connectivity index (χ3v) is 9.25. The molecule has 3 atom stereocenters. The lowest BCUT2D eigenvalue weighted by atomic mass is 10.1. The van der Waals surface area contributed by atoms with E-state index in [2.05, 4.69) is 86.8 Å². The van der Waals surface area contributed by atoms with Crippen molar-refractivity contribution >= 4 is 19.5 Å². The lowest BCUT2D eigenvalue weighted by Crippen LogP contribution is -2.37. The smallest absolute Gasteiger partial charge is 0.356 e. The van der Waals surface area contributed by atoms with E-state index >= 15 is 0 Å². The first-order valence-corrected chi connectivity index (χ1v) is 21.5. The largest absolute Gasteiger partial charge is 0.462 e. The van der Waals surface area contributed by atoms with E-state index in [0.29, 0.717) is 12.8 Å². The van der Waals surface area contributed by atoms with Crippen LogP contribution in [0.3, 0.4) is 0 Å². The maximum Gasteiger partial charge on any atom is 0.356 e. The number of aliphatic hydroxyl groups is 2. The summed E-state index contributed by atoms with van der Waals surface area (Å²) in [6.45, 7) is 2.42. The van der Waals surface area contributed by atoms with E-state index in [0.717, 1.165) is 103 Å². The molecule has 0 aromatic rings.